The average molecular weight is 475 g/mol. The number of aromatic nitrogens is 7. The second kappa shape index (κ2) is 7.77. The highest BCUT2D eigenvalue weighted by molar-refractivity contribution is 6.33. The minimum absolute atomic E-state index is 0.263. The van der Waals surface area contributed by atoms with Gasteiger partial charge in [0.15, 0.2) is 11.5 Å². The van der Waals surface area contributed by atoms with Gasteiger partial charge in [0.05, 0.1) is 23.1 Å². The number of fused-ring (bicyclic) bond motifs is 2. The molecular weight excluding hydrogens is 456 g/mol. The van der Waals surface area contributed by atoms with Crippen LogP contribution in [0.25, 0.3) is 22.2 Å². The van der Waals surface area contributed by atoms with Crippen molar-refractivity contribution >= 4 is 34.0 Å². The molecule has 5 aromatic rings. The summed E-state index contributed by atoms with van der Waals surface area (Å²) in [4.78, 5) is 44.2. The predicted molar refractivity (Wildman–Crippen MR) is 128 cm³/mol. The number of benzene rings is 1. The molecule has 0 unspecified atom stereocenters. The van der Waals surface area contributed by atoms with Crippen molar-refractivity contribution in [2.75, 3.05) is 11.4 Å². The van der Waals surface area contributed by atoms with Crippen molar-refractivity contribution < 1.29 is 0 Å². The van der Waals surface area contributed by atoms with Crippen LogP contribution in [0, 0.1) is 6.92 Å². The summed E-state index contributed by atoms with van der Waals surface area (Å²) < 4.78 is 3.12. The molecule has 1 atom stereocenters. The zero-order chi connectivity index (χ0) is 23.4. The van der Waals surface area contributed by atoms with E-state index in [0.29, 0.717) is 51.3 Å². The lowest BCUT2D eigenvalue weighted by atomic mass is 10.2. The molecule has 1 aromatic carbocycles. The summed E-state index contributed by atoms with van der Waals surface area (Å²) in [6, 6.07) is 10.7. The SMILES string of the molecule is Cc1nc(N2CCC[C@H]2c2nn3ccc(Cl)c3c(=O)n2-c2ccccc2)c2c(=O)[nH]cnc2n1. The molecule has 1 aliphatic rings. The molecule has 11 heteroatoms. The number of H-pyrrole nitrogens is 1. The first-order valence-corrected chi connectivity index (χ1v) is 11.2. The number of anilines is 1. The van der Waals surface area contributed by atoms with E-state index in [1.165, 1.54) is 10.8 Å². The summed E-state index contributed by atoms with van der Waals surface area (Å²) in [5.74, 6) is 1.53. The molecule has 1 N–H and O–H groups in total. The van der Waals surface area contributed by atoms with Crippen LogP contribution in [0.4, 0.5) is 5.82 Å². The van der Waals surface area contributed by atoms with E-state index >= 15 is 0 Å². The lowest BCUT2D eigenvalue weighted by molar-refractivity contribution is 0.601. The number of aromatic amines is 1. The van der Waals surface area contributed by atoms with Gasteiger partial charge in [-0.15, -0.1) is 0 Å². The molecule has 0 bridgehead atoms. The van der Waals surface area contributed by atoms with Crippen molar-refractivity contribution in [2.24, 2.45) is 0 Å². The van der Waals surface area contributed by atoms with E-state index in [0.717, 1.165) is 12.8 Å². The lowest BCUT2D eigenvalue weighted by Gasteiger charge is -2.28. The number of rotatable bonds is 3. The van der Waals surface area contributed by atoms with Gasteiger partial charge in [-0.05, 0) is 38.0 Å². The summed E-state index contributed by atoms with van der Waals surface area (Å²) in [6.45, 7) is 2.41. The third-order valence-electron chi connectivity index (χ3n) is 6.09. The minimum atomic E-state index is -0.313. The van der Waals surface area contributed by atoms with Crippen LogP contribution in [0.15, 0.2) is 58.5 Å². The zero-order valence-corrected chi connectivity index (χ0v) is 18.9. The monoisotopic (exact) mass is 474 g/mol. The van der Waals surface area contributed by atoms with Crippen molar-refractivity contribution in [1.82, 2.24) is 34.1 Å². The van der Waals surface area contributed by atoms with Crippen LogP contribution in [-0.2, 0) is 0 Å². The highest BCUT2D eigenvalue weighted by Crippen LogP contribution is 2.37. The fourth-order valence-corrected chi connectivity index (χ4v) is 4.87. The summed E-state index contributed by atoms with van der Waals surface area (Å²) in [5, 5.41) is 5.48. The van der Waals surface area contributed by atoms with Crippen molar-refractivity contribution in [3.05, 3.63) is 86.3 Å². The molecule has 1 fully saturated rings. The Balaban J connectivity index is 1.62. The van der Waals surface area contributed by atoms with Gasteiger partial charge in [-0.3, -0.25) is 14.2 Å². The highest BCUT2D eigenvalue weighted by Gasteiger charge is 2.34. The standard InChI is InChI=1S/C23H19ClN8O2/c1-13-27-19-17(22(33)26-12-25-19)21(28-13)30-10-5-8-16(30)20-29-31-11-9-15(24)18(31)23(34)32(20)14-6-3-2-4-7-14/h2-4,6-7,9,11-12,16H,5,8,10H2,1H3,(H,25,26,27,28,33)/t16-/m0/s1. The van der Waals surface area contributed by atoms with Gasteiger partial charge in [-0.1, -0.05) is 29.8 Å². The molecule has 6 rings (SSSR count). The van der Waals surface area contributed by atoms with Crippen LogP contribution in [0.3, 0.4) is 0 Å². The van der Waals surface area contributed by atoms with Crippen molar-refractivity contribution in [1.29, 1.82) is 0 Å². The summed E-state index contributed by atoms with van der Waals surface area (Å²) >= 11 is 6.33. The Morgan fingerprint density at radius 3 is 2.76 bits per heavy atom. The summed E-state index contributed by atoms with van der Waals surface area (Å²) in [6.07, 6.45) is 4.57. The van der Waals surface area contributed by atoms with Gasteiger partial charge < -0.3 is 9.88 Å². The van der Waals surface area contributed by atoms with E-state index in [-0.39, 0.29) is 17.2 Å². The van der Waals surface area contributed by atoms with Crippen LogP contribution in [0.1, 0.15) is 30.5 Å². The van der Waals surface area contributed by atoms with Gasteiger partial charge in [-0.25, -0.2) is 19.5 Å². The largest absolute Gasteiger partial charge is 0.345 e. The Morgan fingerprint density at radius 1 is 1.12 bits per heavy atom. The minimum Gasteiger partial charge on any atom is -0.345 e. The fraction of sp³-hybridized carbons (Fsp3) is 0.217. The van der Waals surface area contributed by atoms with Gasteiger partial charge in [0, 0.05) is 12.7 Å². The maximum Gasteiger partial charge on any atom is 0.284 e. The fourth-order valence-electron chi connectivity index (χ4n) is 4.65. The van der Waals surface area contributed by atoms with Gasteiger partial charge in [0.1, 0.15) is 22.5 Å². The van der Waals surface area contributed by atoms with Crippen molar-refractivity contribution in [3.8, 4) is 5.69 Å². The first-order valence-electron chi connectivity index (χ1n) is 10.9. The number of para-hydroxylation sites is 1. The Labute approximate surface area is 197 Å². The zero-order valence-electron chi connectivity index (χ0n) is 18.1. The number of nitrogens with zero attached hydrogens (tertiary/aromatic N) is 7. The maximum atomic E-state index is 13.7. The van der Waals surface area contributed by atoms with Crippen LogP contribution in [0.5, 0.6) is 0 Å². The Kier molecular flexibility index (Phi) is 4.70. The average Bonchev–Trinajstić information content (AvgIpc) is 3.46. The van der Waals surface area contributed by atoms with Gasteiger partial charge in [-0.2, -0.15) is 5.10 Å². The smallest absolute Gasteiger partial charge is 0.284 e. The molecule has 1 saturated heterocycles. The van der Waals surface area contributed by atoms with E-state index in [1.54, 1.807) is 23.8 Å². The molecule has 4 aromatic heterocycles. The van der Waals surface area contributed by atoms with Crippen LogP contribution in [-0.4, -0.2) is 40.7 Å². The molecule has 0 aliphatic carbocycles. The Morgan fingerprint density at radius 2 is 1.94 bits per heavy atom. The lowest BCUT2D eigenvalue weighted by Crippen LogP contribution is -2.34. The summed E-state index contributed by atoms with van der Waals surface area (Å²) in [5.41, 5.74) is 0.749. The molecule has 0 spiro atoms. The van der Waals surface area contributed by atoms with E-state index in [2.05, 4.69) is 19.9 Å². The topological polar surface area (TPSA) is 114 Å². The number of aryl methyl sites for hydroxylation is 1. The molecule has 10 nitrogen and oxygen atoms in total. The first-order chi connectivity index (χ1) is 16.5. The second-order valence-electron chi connectivity index (χ2n) is 8.17. The maximum absolute atomic E-state index is 13.7. The van der Waals surface area contributed by atoms with E-state index < -0.39 is 0 Å². The van der Waals surface area contributed by atoms with Crippen molar-refractivity contribution in [2.45, 2.75) is 25.8 Å². The summed E-state index contributed by atoms with van der Waals surface area (Å²) in [7, 11) is 0. The number of hydrogen-bond acceptors (Lipinski definition) is 7. The molecular formula is C23H19ClN8O2. The predicted octanol–water partition coefficient (Wildman–Crippen LogP) is 2.82. The van der Waals surface area contributed by atoms with Gasteiger partial charge in [0.25, 0.3) is 11.1 Å². The van der Waals surface area contributed by atoms with E-state index in [9.17, 15) is 9.59 Å². The number of hydrogen-bond donors (Lipinski definition) is 1. The van der Waals surface area contributed by atoms with Gasteiger partial charge >= 0.3 is 0 Å². The Bertz CT molecular complexity index is 1670. The molecule has 1 aliphatic heterocycles. The quantitative estimate of drug-likeness (QED) is 0.427. The Hall–Kier alpha value is -4.05. The van der Waals surface area contributed by atoms with Crippen LogP contribution < -0.4 is 16.0 Å². The van der Waals surface area contributed by atoms with Crippen LogP contribution >= 0.6 is 11.6 Å². The van der Waals surface area contributed by atoms with E-state index in [1.807, 2.05) is 35.2 Å². The molecule has 5 heterocycles. The molecule has 0 saturated carbocycles. The number of nitrogens with one attached hydrogen (secondary N) is 1. The molecule has 0 radical (unpaired) electrons. The first kappa shape index (κ1) is 20.5. The van der Waals surface area contributed by atoms with Crippen LogP contribution in [0.2, 0.25) is 5.02 Å². The third kappa shape index (κ3) is 3.10. The molecule has 170 valence electrons. The number of halogens is 1. The highest BCUT2D eigenvalue weighted by atomic mass is 35.5. The van der Waals surface area contributed by atoms with Crippen molar-refractivity contribution in [3.63, 3.8) is 0 Å². The third-order valence-corrected chi connectivity index (χ3v) is 6.40. The van der Waals surface area contributed by atoms with Gasteiger partial charge in [0.2, 0.25) is 0 Å². The molecule has 34 heavy (non-hydrogen) atoms. The molecule has 0 amide bonds. The van der Waals surface area contributed by atoms with E-state index in [4.69, 9.17) is 16.7 Å². The second-order valence-corrected chi connectivity index (χ2v) is 8.57. The normalized spacial score (nSPS) is 16.1.